The summed E-state index contributed by atoms with van der Waals surface area (Å²) in [4.78, 5) is 25.0. The monoisotopic (exact) mass is 719 g/mol. The van der Waals surface area contributed by atoms with Crippen LogP contribution in [0.3, 0.4) is 0 Å². The average molecular weight is 720 g/mol. The second-order valence-corrected chi connectivity index (χ2v) is 15.6. The van der Waals surface area contributed by atoms with Crippen LogP contribution in [0.5, 0.6) is 5.75 Å². The molecule has 1 saturated heterocycles. The standard InChI is InChI=1S/C31H45N5O7S.C5H12O/c1-5-42-27-8-6-7-9-28(27)44(40,41)34-17-25-16-24(11-10-22(25)2)29(31(3,4)30(38)39)43-20-26(32)19-36(33)18-23-12-14-35(21-37)15-13-23;1-5(2,3)6-4/h6-11,16,19,21,23,29,34H,5,12-15,17-18,20,32-33H2,1-4H3,(H,38,39);1-4H3/b26-19-;. The quantitative estimate of drug-likeness (QED) is 0.110. The van der Waals surface area contributed by atoms with Crippen LogP contribution in [0.4, 0.5) is 0 Å². The molecular formula is C36H57N5O8S. The number of nitrogens with two attached hydrogens (primary N) is 2. The van der Waals surface area contributed by atoms with Crippen molar-refractivity contribution in [2.24, 2.45) is 22.9 Å². The molecule has 0 radical (unpaired) electrons. The Kier molecular flexibility index (Phi) is 16.2. The molecule has 0 bridgehead atoms. The van der Waals surface area contributed by atoms with E-state index in [-0.39, 0.29) is 29.4 Å². The van der Waals surface area contributed by atoms with Gasteiger partial charge in [0.1, 0.15) is 10.6 Å². The summed E-state index contributed by atoms with van der Waals surface area (Å²) in [5.74, 6) is 5.68. The molecule has 1 aliphatic rings. The van der Waals surface area contributed by atoms with Gasteiger partial charge in [0.2, 0.25) is 16.4 Å². The van der Waals surface area contributed by atoms with Crippen LogP contribution < -0.4 is 21.0 Å². The SMILES string of the molecule is CCOc1ccccc1S(=O)(=O)NCc1cc(C(OC/C(N)=C/N(N)CC2CCN(C=O)CC2)C(C)(C)C(=O)O)ccc1C.COC(C)(C)C. The molecule has 6 N–H and O–H groups in total. The number of carboxylic acid groups (broad SMARTS) is 1. The number of sulfonamides is 1. The van der Waals surface area contributed by atoms with Crippen LogP contribution in [0.1, 0.15) is 77.2 Å². The van der Waals surface area contributed by atoms with E-state index in [9.17, 15) is 23.1 Å². The van der Waals surface area contributed by atoms with Gasteiger partial charge in [-0.15, -0.1) is 0 Å². The number of aryl methyl sites for hydroxylation is 1. The zero-order chi connectivity index (χ0) is 37.7. The number of rotatable bonds is 16. The Bertz CT molecular complexity index is 1530. The van der Waals surface area contributed by atoms with Crippen molar-refractivity contribution in [1.29, 1.82) is 0 Å². The van der Waals surface area contributed by atoms with Crippen molar-refractivity contribution in [3.05, 3.63) is 71.1 Å². The largest absolute Gasteiger partial charge is 0.492 e. The number of carboxylic acids is 1. The number of methoxy groups -OCH3 is 1. The molecule has 0 aliphatic carbocycles. The summed E-state index contributed by atoms with van der Waals surface area (Å²) in [6.07, 6.45) is 3.21. The van der Waals surface area contributed by atoms with Crippen LogP contribution in [-0.4, -0.2) is 81.4 Å². The van der Waals surface area contributed by atoms with E-state index in [1.54, 1.807) is 75.4 Å². The molecule has 50 heavy (non-hydrogen) atoms. The summed E-state index contributed by atoms with van der Waals surface area (Å²) in [6, 6.07) is 11.7. The van der Waals surface area contributed by atoms with Crippen molar-refractivity contribution in [2.75, 3.05) is 40.0 Å². The van der Waals surface area contributed by atoms with Crippen molar-refractivity contribution < 1.29 is 37.3 Å². The van der Waals surface area contributed by atoms with Gasteiger partial charge in [-0.1, -0.05) is 30.3 Å². The number of hydrogen-bond acceptors (Lipinski definition) is 10. The van der Waals surface area contributed by atoms with E-state index in [1.807, 2.05) is 27.7 Å². The highest BCUT2D eigenvalue weighted by molar-refractivity contribution is 7.89. The molecule has 1 heterocycles. The number of amides is 1. The number of nitrogens with zero attached hydrogens (tertiary/aromatic N) is 2. The van der Waals surface area contributed by atoms with Crippen molar-refractivity contribution in [3.63, 3.8) is 0 Å². The third-order valence-corrected chi connectivity index (χ3v) is 9.84. The molecule has 1 fully saturated rings. The van der Waals surface area contributed by atoms with Gasteiger partial charge in [0.05, 0.1) is 36.0 Å². The third kappa shape index (κ3) is 13.2. The highest BCUT2D eigenvalue weighted by Gasteiger charge is 2.39. The number of ether oxygens (including phenoxy) is 3. The first-order valence-electron chi connectivity index (χ1n) is 16.7. The summed E-state index contributed by atoms with van der Waals surface area (Å²) in [6.45, 7) is 15.0. The first kappa shape index (κ1) is 42.5. The molecule has 3 rings (SSSR count). The van der Waals surface area contributed by atoms with Crippen molar-refractivity contribution in [2.45, 2.75) is 84.5 Å². The molecule has 0 spiro atoms. The zero-order valence-electron chi connectivity index (χ0n) is 30.8. The minimum Gasteiger partial charge on any atom is -0.492 e. The van der Waals surface area contributed by atoms with Gasteiger partial charge in [0.15, 0.2) is 0 Å². The van der Waals surface area contributed by atoms with Gasteiger partial charge in [0.25, 0.3) is 0 Å². The molecule has 1 atom stereocenters. The van der Waals surface area contributed by atoms with Gasteiger partial charge < -0.3 is 35.0 Å². The minimum atomic E-state index is -3.91. The van der Waals surface area contributed by atoms with E-state index >= 15 is 0 Å². The number of hydrogen-bond donors (Lipinski definition) is 4. The summed E-state index contributed by atoms with van der Waals surface area (Å²) in [5, 5.41) is 11.5. The van der Waals surface area contributed by atoms with Crippen LogP contribution in [0, 0.1) is 18.3 Å². The second kappa shape index (κ2) is 19.1. The average Bonchev–Trinajstić information content (AvgIpc) is 3.05. The van der Waals surface area contributed by atoms with E-state index < -0.39 is 27.5 Å². The maximum atomic E-state index is 13.2. The van der Waals surface area contributed by atoms with Crippen LogP contribution in [0.2, 0.25) is 0 Å². The smallest absolute Gasteiger partial charge is 0.312 e. The molecule has 1 amide bonds. The fraction of sp³-hybridized carbons (Fsp3) is 0.556. The van der Waals surface area contributed by atoms with Crippen molar-refractivity contribution in [3.8, 4) is 5.75 Å². The molecule has 14 heteroatoms. The van der Waals surface area contributed by atoms with Gasteiger partial charge in [0, 0.05) is 39.5 Å². The number of piperidine rings is 1. The Morgan fingerprint density at radius 2 is 1.76 bits per heavy atom. The van der Waals surface area contributed by atoms with Crippen LogP contribution >= 0.6 is 0 Å². The number of benzene rings is 2. The van der Waals surface area contributed by atoms with Crippen LogP contribution in [0.25, 0.3) is 0 Å². The lowest BCUT2D eigenvalue weighted by molar-refractivity contribution is -0.156. The lowest BCUT2D eigenvalue weighted by Gasteiger charge is -2.32. The molecule has 280 valence electrons. The van der Waals surface area contributed by atoms with Crippen molar-refractivity contribution in [1.82, 2.24) is 14.6 Å². The van der Waals surface area contributed by atoms with Gasteiger partial charge in [-0.2, -0.15) is 0 Å². The van der Waals surface area contributed by atoms with Crippen LogP contribution in [-0.2, 0) is 35.6 Å². The fourth-order valence-corrected chi connectivity index (χ4v) is 6.25. The molecule has 1 unspecified atom stereocenters. The Labute approximate surface area is 297 Å². The number of para-hydroxylation sites is 1. The Balaban J connectivity index is 0.00000132. The predicted molar refractivity (Wildman–Crippen MR) is 193 cm³/mol. The summed E-state index contributed by atoms with van der Waals surface area (Å²) in [5.41, 5.74) is 7.28. The zero-order valence-corrected chi connectivity index (χ0v) is 31.6. The molecule has 2 aromatic rings. The van der Waals surface area contributed by atoms with E-state index in [4.69, 9.17) is 25.8 Å². The number of likely N-dealkylation sites (tertiary alicyclic amines) is 1. The molecule has 0 aromatic heterocycles. The van der Waals surface area contributed by atoms with E-state index in [0.717, 1.165) is 24.8 Å². The summed E-state index contributed by atoms with van der Waals surface area (Å²) >= 11 is 0. The highest BCUT2D eigenvalue weighted by atomic mass is 32.2. The number of hydrazine groups is 1. The van der Waals surface area contributed by atoms with Gasteiger partial charge >= 0.3 is 5.97 Å². The first-order chi connectivity index (χ1) is 23.3. The Morgan fingerprint density at radius 1 is 1.14 bits per heavy atom. The predicted octanol–water partition coefficient (Wildman–Crippen LogP) is 4.32. The van der Waals surface area contributed by atoms with Gasteiger partial charge in [-0.25, -0.2) is 19.0 Å². The molecule has 1 aliphatic heterocycles. The Morgan fingerprint density at radius 3 is 2.32 bits per heavy atom. The van der Waals surface area contributed by atoms with E-state index in [1.165, 1.54) is 11.1 Å². The fourth-order valence-electron chi connectivity index (χ4n) is 5.10. The molecule has 13 nitrogen and oxygen atoms in total. The second-order valence-electron chi connectivity index (χ2n) is 13.9. The first-order valence-corrected chi connectivity index (χ1v) is 18.2. The lowest BCUT2D eigenvalue weighted by atomic mass is 9.81. The lowest BCUT2D eigenvalue weighted by Crippen LogP contribution is -2.39. The van der Waals surface area contributed by atoms with Gasteiger partial charge in [-0.3, -0.25) is 9.59 Å². The van der Waals surface area contributed by atoms with Crippen molar-refractivity contribution >= 4 is 22.4 Å². The Hall–Kier alpha value is -3.69. The molecular weight excluding hydrogens is 662 g/mol. The normalized spacial score (nSPS) is 15.1. The van der Waals surface area contributed by atoms with E-state index in [2.05, 4.69) is 4.72 Å². The number of carbonyl (C=O) groups excluding carboxylic acids is 1. The number of nitrogens with one attached hydrogen (secondary N) is 1. The number of aliphatic carboxylic acids is 1. The summed E-state index contributed by atoms with van der Waals surface area (Å²) in [7, 11) is -2.20. The maximum absolute atomic E-state index is 13.2. The number of carbonyl (C=O) groups is 2. The van der Waals surface area contributed by atoms with E-state index in [0.29, 0.717) is 49.0 Å². The third-order valence-electron chi connectivity index (χ3n) is 8.40. The molecule has 0 saturated carbocycles. The maximum Gasteiger partial charge on any atom is 0.312 e. The highest BCUT2D eigenvalue weighted by Crippen LogP contribution is 2.38. The summed E-state index contributed by atoms with van der Waals surface area (Å²) < 4.78 is 45.5. The molecule has 2 aromatic carbocycles. The van der Waals surface area contributed by atoms with Gasteiger partial charge in [-0.05, 0) is 96.0 Å². The minimum absolute atomic E-state index is 0.0291. The topological polar surface area (TPSA) is 187 Å². The van der Waals surface area contributed by atoms with Crippen LogP contribution in [0.15, 0.2) is 59.3 Å².